The first-order chi connectivity index (χ1) is 11.8. The van der Waals surface area contributed by atoms with Gasteiger partial charge in [0.15, 0.2) is 0 Å². The molecule has 0 spiro atoms. The van der Waals surface area contributed by atoms with Gasteiger partial charge >= 0.3 is 0 Å². The van der Waals surface area contributed by atoms with Gasteiger partial charge in [-0.2, -0.15) is 0 Å². The van der Waals surface area contributed by atoms with Crippen LogP contribution in [0.3, 0.4) is 0 Å². The highest BCUT2D eigenvalue weighted by molar-refractivity contribution is 5.86. The zero-order valence-electron chi connectivity index (χ0n) is 14.1. The summed E-state index contributed by atoms with van der Waals surface area (Å²) < 4.78 is 5.24. The first-order valence-electron chi connectivity index (χ1n) is 8.63. The molecule has 0 saturated carbocycles. The first-order valence-corrected chi connectivity index (χ1v) is 8.63. The van der Waals surface area contributed by atoms with E-state index in [-0.39, 0.29) is 11.8 Å². The van der Waals surface area contributed by atoms with Crippen molar-refractivity contribution in [1.82, 2.24) is 9.88 Å². The van der Waals surface area contributed by atoms with E-state index in [1.54, 1.807) is 13.3 Å². The van der Waals surface area contributed by atoms with Crippen LogP contribution in [0.5, 0.6) is 5.75 Å². The molecule has 1 fully saturated rings. The molecule has 1 saturated heterocycles. The maximum atomic E-state index is 13.3. The molecular weight excluding hydrogens is 300 g/mol. The molecule has 0 bridgehead atoms. The Labute approximate surface area is 143 Å². The number of carbonyl (C=O) groups excluding carboxylic acids is 1. The van der Waals surface area contributed by atoms with Gasteiger partial charge < -0.3 is 9.64 Å². The first kappa shape index (κ1) is 16.5. The topological polar surface area (TPSA) is 42.4 Å². The smallest absolute Gasteiger partial charge is 0.236 e. The van der Waals surface area contributed by atoms with Crippen molar-refractivity contribution in [3.63, 3.8) is 0 Å². The van der Waals surface area contributed by atoms with Gasteiger partial charge in [0.2, 0.25) is 5.91 Å². The van der Waals surface area contributed by atoms with Crippen molar-refractivity contribution in [3.05, 3.63) is 59.9 Å². The average molecular weight is 324 g/mol. The maximum Gasteiger partial charge on any atom is 0.236 e. The normalized spacial score (nSPS) is 16.3. The number of carbonyl (C=O) groups is 1. The number of aromatic nitrogens is 1. The number of pyridine rings is 1. The fourth-order valence-corrected chi connectivity index (χ4v) is 3.26. The Morgan fingerprint density at radius 3 is 2.33 bits per heavy atom. The Kier molecular flexibility index (Phi) is 5.47. The number of likely N-dealkylation sites (tertiary alicyclic amines) is 1. The van der Waals surface area contributed by atoms with Crippen molar-refractivity contribution < 1.29 is 9.53 Å². The van der Waals surface area contributed by atoms with Gasteiger partial charge in [-0.3, -0.25) is 9.78 Å². The fourth-order valence-electron chi connectivity index (χ4n) is 3.26. The van der Waals surface area contributed by atoms with Crippen molar-refractivity contribution in [1.29, 1.82) is 0 Å². The Bertz CT molecular complexity index is 647. The minimum Gasteiger partial charge on any atom is -0.497 e. The molecule has 2 aromatic rings. The number of nitrogens with zero attached hydrogens (tertiary/aromatic N) is 2. The minimum absolute atomic E-state index is 0.153. The molecule has 4 heteroatoms. The van der Waals surface area contributed by atoms with Crippen LogP contribution in [0, 0.1) is 0 Å². The zero-order valence-corrected chi connectivity index (χ0v) is 14.1. The summed E-state index contributed by atoms with van der Waals surface area (Å²) >= 11 is 0. The van der Waals surface area contributed by atoms with E-state index in [9.17, 15) is 4.79 Å². The summed E-state index contributed by atoms with van der Waals surface area (Å²) in [4.78, 5) is 19.7. The van der Waals surface area contributed by atoms with Gasteiger partial charge in [-0.1, -0.05) is 31.0 Å². The van der Waals surface area contributed by atoms with Gasteiger partial charge in [-0.05, 0) is 42.7 Å². The molecule has 1 unspecified atom stereocenters. The van der Waals surface area contributed by atoms with Crippen molar-refractivity contribution in [2.24, 2.45) is 0 Å². The minimum atomic E-state index is -0.352. The monoisotopic (exact) mass is 324 g/mol. The van der Waals surface area contributed by atoms with Crippen LogP contribution in [0.1, 0.15) is 42.9 Å². The number of amides is 1. The fraction of sp³-hybridized carbons (Fsp3) is 0.400. The van der Waals surface area contributed by atoms with Crippen molar-refractivity contribution in [2.45, 2.75) is 31.6 Å². The third-order valence-corrected chi connectivity index (χ3v) is 4.60. The summed E-state index contributed by atoms with van der Waals surface area (Å²) in [6, 6.07) is 13.5. The second-order valence-corrected chi connectivity index (χ2v) is 6.20. The quantitative estimate of drug-likeness (QED) is 0.862. The highest BCUT2D eigenvalue weighted by Crippen LogP contribution is 2.28. The van der Waals surface area contributed by atoms with Gasteiger partial charge in [0.1, 0.15) is 11.7 Å². The number of hydrogen-bond acceptors (Lipinski definition) is 3. The lowest BCUT2D eigenvalue weighted by molar-refractivity contribution is -0.131. The molecule has 1 aromatic heterocycles. The molecule has 1 aliphatic heterocycles. The van der Waals surface area contributed by atoms with Gasteiger partial charge in [0.25, 0.3) is 0 Å². The molecule has 0 N–H and O–H groups in total. The highest BCUT2D eigenvalue weighted by Gasteiger charge is 2.28. The average Bonchev–Trinajstić information content (AvgIpc) is 2.93. The third-order valence-electron chi connectivity index (χ3n) is 4.60. The molecule has 1 aliphatic rings. The number of benzene rings is 1. The van der Waals surface area contributed by atoms with E-state index in [0.29, 0.717) is 0 Å². The Morgan fingerprint density at radius 2 is 1.75 bits per heavy atom. The van der Waals surface area contributed by atoms with E-state index in [2.05, 4.69) is 4.98 Å². The van der Waals surface area contributed by atoms with Crippen LogP contribution in [-0.4, -0.2) is 36.0 Å². The van der Waals surface area contributed by atoms with Gasteiger partial charge in [-0.25, -0.2) is 0 Å². The second kappa shape index (κ2) is 7.95. The lowest BCUT2D eigenvalue weighted by Gasteiger charge is -2.26. The van der Waals surface area contributed by atoms with Crippen LogP contribution in [0.15, 0.2) is 48.7 Å². The van der Waals surface area contributed by atoms with Crippen LogP contribution < -0.4 is 4.74 Å². The van der Waals surface area contributed by atoms with E-state index in [1.807, 2.05) is 47.4 Å². The van der Waals surface area contributed by atoms with Crippen molar-refractivity contribution in [2.75, 3.05) is 20.2 Å². The predicted molar refractivity (Wildman–Crippen MR) is 94.1 cm³/mol. The predicted octanol–water partition coefficient (Wildman–Crippen LogP) is 3.62. The molecule has 0 aliphatic carbocycles. The molecule has 4 nitrogen and oxygen atoms in total. The number of hydrogen-bond donors (Lipinski definition) is 0. The van der Waals surface area contributed by atoms with Crippen LogP contribution in [-0.2, 0) is 4.79 Å². The summed E-state index contributed by atoms with van der Waals surface area (Å²) in [6.45, 7) is 1.69. The summed E-state index contributed by atoms with van der Waals surface area (Å²) in [7, 11) is 1.65. The van der Waals surface area contributed by atoms with Crippen LogP contribution in [0.4, 0.5) is 0 Å². The number of methoxy groups -OCH3 is 1. The van der Waals surface area contributed by atoms with Crippen LogP contribution in [0.2, 0.25) is 0 Å². The molecule has 2 heterocycles. The van der Waals surface area contributed by atoms with E-state index in [0.717, 1.165) is 42.9 Å². The Morgan fingerprint density at radius 1 is 1.04 bits per heavy atom. The van der Waals surface area contributed by atoms with Crippen LogP contribution >= 0.6 is 0 Å². The Balaban J connectivity index is 1.93. The van der Waals surface area contributed by atoms with Gasteiger partial charge in [0.05, 0.1) is 12.8 Å². The lowest BCUT2D eigenvalue weighted by atomic mass is 9.93. The maximum absolute atomic E-state index is 13.3. The van der Waals surface area contributed by atoms with E-state index in [4.69, 9.17) is 4.74 Å². The third kappa shape index (κ3) is 3.75. The second-order valence-electron chi connectivity index (χ2n) is 6.20. The molecule has 0 radical (unpaired) electrons. The summed E-state index contributed by atoms with van der Waals surface area (Å²) in [6.07, 6.45) is 6.34. The molecule has 3 rings (SSSR count). The summed E-state index contributed by atoms with van der Waals surface area (Å²) in [5.74, 6) is 0.594. The molecular formula is C20H24N2O2. The summed E-state index contributed by atoms with van der Waals surface area (Å²) in [5, 5.41) is 0. The Hall–Kier alpha value is -2.36. The van der Waals surface area contributed by atoms with E-state index < -0.39 is 0 Å². The zero-order chi connectivity index (χ0) is 16.8. The summed E-state index contributed by atoms with van der Waals surface area (Å²) in [5.41, 5.74) is 1.76. The standard InChI is InChI=1S/C20H24N2O2/c1-24-17-11-9-16(10-12-17)19(18-8-4-5-13-21-18)20(23)22-14-6-2-3-7-15-22/h4-5,8-13,19H,2-3,6-7,14-15H2,1H3. The molecule has 1 amide bonds. The van der Waals surface area contributed by atoms with Crippen molar-refractivity contribution >= 4 is 5.91 Å². The van der Waals surface area contributed by atoms with Crippen LogP contribution in [0.25, 0.3) is 0 Å². The SMILES string of the molecule is COc1ccc(C(C(=O)N2CCCCCC2)c2ccccn2)cc1. The van der Waals surface area contributed by atoms with E-state index in [1.165, 1.54) is 12.8 Å². The van der Waals surface area contributed by atoms with Gasteiger partial charge in [0, 0.05) is 19.3 Å². The number of rotatable bonds is 4. The van der Waals surface area contributed by atoms with E-state index >= 15 is 0 Å². The number of ether oxygens (including phenoxy) is 1. The molecule has 1 aromatic carbocycles. The van der Waals surface area contributed by atoms with Gasteiger partial charge in [-0.15, -0.1) is 0 Å². The lowest BCUT2D eigenvalue weighted by Crippen LogP contribution is -2.36. The molecule has 1 atom stereocenters. The highest BCUT2D eigenvalue weighted by atomic mass is 16.5. The molecule has 126 valence electrons. The molecule has 24 heavy (non-hydrogen) atoms. The van der Waals surface area contributed by atoms with Crippen molar-refractivity contribution in [3.8, 4) is 5.75 Å². The largest absolute Gasteiger partial charge is 0.497 e.